The lowest BCUT2D eigenvalue weighted by Crippen LogP contribution is -2.30. The Labute approximate surface area is 177 Å². The molecule has 1 amide bonds. The van der Waals surface area contributed by atoms with Crippen LogP contribution in [0.3, 0.4) is 0 Å². The minimum absolute atomic E-state index is 0.0143. The minimum atomic E-state index is -4.29. The molecule has 4 rings (SSSR count). The van der Waals surface area contributed by atoms with Crippen molar-refractivity contribution in [2.24, 2.45) is 0 Å². The fourth-order valence-electron chi connectivity index (χ4n) is 3.29. The molecule has 0 aliphatic carbocycles. The Morgan fingerprint density at radius 3 is 2.55 bits per heavy atom. The molecule has 0 radical (unpaired) electrons. The second-order valence-electron chi connectivity index (χ2n) is 6.78. The van der Waals surface area contributed by atoms with Crippen LogP contribution >= 0.6 is 0 Å². The molecule has 0 spiro atoms. The highest BCUT2D eigenvalue weighted by Crippen LogP contribution is 2.40. The van der Waals surface area contributed by atoms with Crippen LogP contribution in [0.15, 0.2) is 54.6 Å². The van der Waals surface area contributed by atoms with E-state index in [4.69, 9.17) is 4.74 Å². The van der Waals surface area contributed by atoms with Gasteiger partial charge >= 0.3 is 16.2 Å². The van der Waals surface area contributed by atoms with E-state index in [1.54, 1.807) is 12.1 Å². The first-order valence-electron chi connectivity index (χ1n) is 9.15. The first-order chi connectivity index (χ1) is 14.8. The summed E-state index contributed by atoms with van der Waals surface area (Å²) in [4.78, 5) is 23.6. The number of carbonyl (C=O) groups excluding carboxylic acids is 2. The number of rotatable bonds is 5. The van der Waals surface area contributed by atoms with Crippen LogP contribution in [0.4, 0.5) is 10.1 Å². The molecule has 160 valence electrons. The smallest absolute Gasteiger partial charge is 0.337 e. The molecule has 1 aliphatic heterocycles. The number of anilines is 1. The highest BCUT2D eigenvalue weighted by atomic mass is 32.2. The molecule has 31 heavy (non-hydrogen) atoms. The lowest BCUT2D eigenvalue weighted by atomic mass is 10.0. The average molecular weight is 444 g/mol. The fourth-order valence-corrected chi connectivity index (χ4v) is 4.45. The summed E-state index contributed by atoms with van der Waals surface area (Å²) in [5, 5.41) is 0.368. The number of nitrogens with zero attached hydrogens (tertiary/aromatic N) is 1. The number of fused-ring (bicyclic) bond motifs is 1. The van der Waals surface area contributed by atoms with Crippen LogP contribution in [0.1, 0.15) is 15.9 Å². The van der Waals surface area contributed by atoms with Gasteiger partial charge < -0.3 is 9.47 Å². The highest BCUT2D eigenvalue weighted by molar-refractivity contribution is 7.92. The molecule has 0 unspecified atom stereocenters. The van der Waals surface area contributed by atoms with Crippen molar-refractivity contribution in [3.05, 3.63) is 71.5 Å². The van der Waals surface area contributed by atoms with Crippen LogP contribution in [0.2, 0.25) is 0 Å². The quantitative estimate of drug-likeness (QED) is 0.607. The molecule has 1 saturated heterocycles. The lowest BCUT2D eigenvalue weighted by Gasteiger charge is -2.21. The second kappa shape index (κ2) is 7.88. The summed E-state index contributed by atoms with van der Waals surface area (Å²) in [6.45, 7) is -0.544. The number of nitrogens with one attached hydrogen (secondary N) is 1. The number of hydrogen-bond donors (Lipinski definition) is 1. The van der Waals surface area contributed by atoms with Gasteiger partial charge in [-0.1, -0.05) is 36.4 Å². The van der Waals surface area contributed by atoms with Crippen LogP contribution in [-0.2, 0) is 26.3 Å². The van der Waals surface area contributed by atoms with Crippen molar-refractivity contribution in [1.29, 1.82) is 0 Å². The number of halogens is 1. The molecule has 0 aromatic heterocycles. The molecule has 0 atom stereocenters. The Morgan fingerprint density at radius 1 is 1.16 bits per heavy atom. The summed E-state index contributed by atoms with van der Waals surface area (Å²) in [5.41, 5.74) is 0.466. The van der Waals surface area contributed by atoms with Crippen molar-refractivity contribution in [2.75, 3.05) is 18.0 Å². The van der Waals surface area contributed by atoms with Crippen molar-refractivity contribution in [3.8, 4) is 5.75 Å². The maximum Gasteiger partial charge on any atom is 0.337 e. The fraction of sp³-hybridized carbons (Fsp3) is 0.143. The molecule has 1 heterocycles. The van der Waals surface area contributed by atoms with Crippen molar-refractivity contribution >= 4 is 38.5 Å². The Hall–Kier alpha value is -3.66. The van der Waals surface area contributed by atoms with Gasteiger partial charge in [0.2, 0.25) is 0 Å². The van der Waals surface area contributed by atoms with Crippen molar-refractivity contribution in [2.45, 2.75) is 6.61 Å². The number of esters is 1. The molecule has 0 saturated carbocycles. The second-order valence-corrected chi connectivity index (χ2v) is 8.37. The van der Waals surface area contributed by atoms with Gasteiger partial charge in [-0.05, 0) is 29.1 Å². The predicted octanol–water partition coefficient (Wildman–Crippen LogP) is 2.53. The van der Waals surface area contributed by atoms with Gasteiger partial charge in [-0.25, -0.2) is 18.2 Å². The van der Waals surface area contributed by atoms with Gasteiger partial charge in [0, 0.05) is 5.39 Å². The zero-order chi connectivity index (χ0) is 22.2. The largest absolute Gasteiger partial charge is 0.487 e. The molecule has 0 bridgehead atoms. The molecule has 1 fully saturated rings. The minimum Gasteiger partial charge on any atom is -0.487 e. The van der Waals surface area contributed by atoms with Gasteiger partial charge in [0.05, 0.1) is 12.7 Å². The molecular weight excluding hydrogens is 427 g/mol. The van der Waals surface area contributed by atoms with Crippen LogP contribution in [0.5, 0.6) is 5.75 Å². The number of benzene rings is 3. The van der Waals surface area contributed by atoms with E-state index in [0.29, 0.717) is 9.69 Å². The molecule has 3 aromatic carbocycles. The topological polar surface area (TPSA) is 102 Å². The molecule has 10 heteroatoms. The van der Waals surface area contributed by atoms with Crippen LogP contribution in [-0.4, -0.2) is 33.9 Å². The van der Waals surface area contributed by atoms with E-state index in [1.807, 2.05) is 22.9 Å². The monoisotopic (exact) mass is 444 g/mol. The average Bonchev–Trinajstić information content (AvgIpc) is 3.03. The van der Waals surface area contributed by atoms with E-state index in [2.05, 4.69) is 4.74 Å². The van der Waals surface area contributed by atoms with Crippen LogP contribution in [0.25, 0.3) is 10.8 Å². The molecule has 1 aliphatic rings. The van der Waals surface area contributed by atoms with Gasteiger partial charge in [0.15, 0.2) is 5.82 Å². The molecular formula is C21H17FN2O6S. The summed E-state index contributed by atoms with van der Waals surface area (Å²) in [6, 6.07) is 14.8. The Kier molecular flexibility index (Phi) is 5.24. The van der Waals surface area contributed by atoms with E-state index in [-0.39, 0.29) is 23.3 Å². The van der Waals surface area contributed by atoms with Crippen molar-refractivity contribution in [1.82, 2.24) is 4.72 Å². The highest BCUT2D eigenvalue weighted by Gasteiger charge is 2.38. The number of amides is 1. The first-order valence-corrected chi connectivity index (χ1v) is 10.6. The van der Waals surface area contributed by atoms with Crippen molar-refractivity contribution in [3.63, 3.8) is 0 Å². The maximum absolute atomic E-state index is 15.6. The van der Waals surface area contributed by atoms with Gasteiger partial charge in [0.25, 0.3) is 5.91 Å². The van der Waals surface area contributed by atoms with Crippen LogP contribution in [0, 0.1) is 5.82 Å². The summed E-state index contributed by atoms with van der Waals surface area (Å²) >= 11 is 0. The van der Waals surface area contributed by atoms with Gasteiger partial charge in [-0.2, -0.15) is 8.42 Å². The predicted molar refractivity (Wildman–Crippen MR) is 110 cm³/mol. The SMILES string of the molecule is COC(=O)c1ccc2cc(OCc3ccccc3)c(N3CC(=O)NS3(=O)=O)c(F)c2c1. The molecule has 1 N–H and O–H groups in total. The van der Waals surface area contributed by atoms with E-state index < -0.39 is 40.1 Å². The number of ether oxygens (including phenoxy) is 2. The van der Waals surface area contributed by atoms with Crippen LogP contribution < -0.4 is 13.8 Å². The van der Waals surface area contributed by atoms with Gasteiger partial charge in [-0.3, -0.25) is 4.79 Å². The Morgan fingerprint density at radius 2 is 1.90 bits per heavy atom. The van der Waals surface area contributed by atoms with E-state index in [9.17, 15) is 18.0 Å². The third-order valence-corrected chi connectivity index (χ3v) is 6.12. The third-order valence-electron chi connectivity index (χ3n) is 4.75. The van der Waals surface area contributed by atoms with E-state index >= 15 is 4.39 Å². The van der Waals surface area contributed by atoms with Gasteiger partial charge in [0.1, 0.15) is 24.6 Å². The molecule has 8 nitrogen and oxygen atoms in total. The summed E-state index contributed by atoms with van der Waals surface area (Å²) in [5.74, 6) is -2.46. The first kappa shape index (κ1) is 20.6. The van der Waals surface area contributed by atoms with E-state index in [1.165, 1.54) is 31.4 Å². The summed E-state index contributed by atoms with van der Waals surface area (Å²) in [7, 11) is -3.10. The number of carbonyl (C=O) groups is 2. The van der Waals surface area contributed by atoms with E-state index in [0.717, 1.165) is 5.56 Å². The summed E-state index contributed by atoms with van der Waals surface area (Å²) < 4.78 is 53.3. The normalized spacial score (nSPS) is 15.0. The number of methoxy groups -OCH3 is 1. The Balaban J connectivity index is 1.87. The number of hydrogen-bond acceptors (Lipinski definition) is 6. The van der Waals surface area contributed by atoms with Gasteiger partial charge in [-0.15, -0.1) is 0 Å². The summed E-state index contributed by atoms with van der Waals surface area (Å²) in [6.07, 6.45) is 0. The Bertz CT molecular complexity index is 1290. The zero-order valence-electron chi connectivity index (χ0n) is 16.3. The zero-order valence-corrected chi connectivity index (χ0v) is 17.1. The molecule has 3 aromatic rings. The third kappa shape index (κ3) is 3.89. The maximum atomic E-state index is 15.6. The van der Waals surface area contributed by atoms with Crippen molar-refractivity contribution < 1.29 is 31.9 Å². The lowest BCUT2D eigenvalue weighted by molar-refractivity contribution is -0.117. The standard InChI is InChI=1S/C21H17FN2O6S/c1-29-21(26)15-8-7-14-10-17(30-12-13-5-3-2-4-6-13)20(19(22)16(14)9-15)24-11-18(25)23-31(24,27)28/h2-10H,11-12H2,1H3,(H,23,25).